The Morgan fingerprint density at radius 1 is 0.943 bits per heavy atom. The van der Waals surface area contributed by atoms with Crippen LogP contribution in [0.25, 0.3) is 16.7 Å². The number of anilines is 1. The van der Waals surface area contributed by atoms with Gasteiger partial charge in [0.25, 0.3) is 5.91 Å². The molecule has 0 radical (unpaired) electrons. The minimum Gasteiger partial charge on any atom is -0.377 e. The van der Waals surface area contributed by atoms with E-state index in [1.807, 2.05) is 46.8 Å². The van der Waals surface area contributed by atoms with Gasteiger partial charge in [-0.2, -0.15) is 5.10 Å². The Labute approximate surface area is 205 Å². The van der Waals surface area contributed by atoms with Crippen LogP contribution in [0.3, 0.4) is 0 Å². The summed E-state index contributed by atoms with van der Waals surface area (Å²) in [6.07, 6.45) is 0.856. The lowest BCUT2D eigenvalue weighted by Crippen LogP contribution is -2.35. The highest BCUT2D eigenvalue weighted by molar-refractivity contribution is 5.94. The molecule has 1 amide bonds. The molecular formula is C27H30N6O2. The number of methoxy groups -OCH3 is 1. The van der Waals surface area contributed by atoms with Crippen LogP contribution in [0.1, 0.15) is 33.9 Å². The Bertz CT molecular complexity index is 1330. The van der Waals surface area contributed by atoms with Crippen molar-refractivity contribution in [3.63, 3.8) is 0 Å². The number of aryl methyl sites for hydroxylation is 2. The molecule has 180 valence electrons. The van der Waals surface area contributed by atoms with E-state index >= 15 is 0 Å². The van der Waals surface area contributed by atoms with E-state index in [-0.39, 0.29) is 5.91 Å². The quantitative estimate of drug-likeness (QED) is 0.440. The van der Waals surface area contributed by atoms with Gasteiger partial charge in [0.2, 0.25) is 0 Å². The third kappa shape index (κ3) is 4.61. The van der Waals surface area contributed by atoms with Gasteiger partial charge in [0.05, 0.1) is 16.8 Å². The molecular weight excluding hydrogens is 440 g/mol. The van der Waals surface area contributed by atoms with Gasteiger partial charge >= 0.3 is 0 Å². The van der Waals surface area contributed by atoms with Crippen LogP contribution in [-0.4, -0.2) is 63.8 Å². The molecule has 0 unspecified atom stereocenters. The van der Waals surface area contributed by atoms with Crippen LogP contribution in [0.2, 0.25) is 0 Å². The van der Waals surface area contributed by atoms with E-state index in [4.69, 9.17) is 19.8 Å². The zero-order chi connectivity index (χ0) is 24.4. The summed E-state index contributed by atoms with van der Waals surface area (Å²) in [5, 5.41) is 5.77. The molecule has 1 aliphatic rings. The number of benzene rings is 2. The van der Waals surface area contributed by atoms with Gasteiger partial charge < -0.3 is 14.5 Å². The van der Waals surface area contributed by atoms with Crippen molar-refractivity contribution >= 4 is 22.8 Å². The first kappa shape index (κ1) is 23.0. The Morgan fingerprint density at radius 2 is 1.71 bits per heavy atom. The number of hydrogen-bond donors (Lipinski definition) is 0. The molecule has 5 rings (SSSR count). The average Bonchev–Trinajstić information content (AvgIpc) is 3.05. The fourth-order valence-corrected chi connectivity index (χ4v) is 4.59. The number of nitrogens with zero attached hydrogens (tertiary/aromatic N) is 6. The van der Waals surface area contributed by atoms with Crippen molar-refractivity contribution in [3.8, 4) is 5.69 Å². The zero-order valence-corrected chi connectivity index (χ0v) is 20.4. The smallest absolute Gasteiger partial charge is 0.253 e. The molecule has 3 heterocycles. The highest BCUT2D eigenvalue weighted by atomic mass is 16.5. The number of carbonyl (C=O) groups excluding carboxylic acids is 1. The van der Waals surface area contributed by atoms with Gasteiger partial charge in [-0.3, -0.25) is 4.79 Å². The van der Waals surface area contributed by atoms with Crippen LogP contribution in [-0.2, 0) is 11.3 Å². The predicted octanol–water partition coefficient (Wildman–Crippen LogP) is 3.93. The third-order valence-electron chi connectivity index (χ3n) is 6.38. The first-order valence-electron chi connectivity index (χ1n) is 12.0. The van der Waals surface area contributed by atoms with Crippen molar-refractivity contribution in [2.24, 2.45) is 0 Å². The summed E-state index contributed by atoms with van der Waals surface area (Å²) in [4.78, 5) is 27.0. The van der Waals surface area contributed by atoms with E-state index in [1.165, 1.54) is 5.56 Å². The summed E-state index contributed by atoms with van der Waals surface area (Å²) in [5.41, 5.74) is 4.52. The average molecular weight is 471 g/mol. The van der Waals surface area contributed by atoms with Crippen LogP contribution in [0.4, 0.5) is 5.82 Å². The molecule has 0 bridgehead atoms. The Kier molecular flexibility index (Phi) is 6.46. The van der Waals surface area contributed by atoms with Gasteiger partial charge in [-0.1, -0.05) is 35.9 Å². The summed E-state index contributed by atoms with van der Waals surface area (Å²) >= 11 is 0. The minimum absolute atomic E-state index is 0.0729. The highest BCUT2D eigenvalue weighted by Gasteiger charge is 2.25. The molecule has 2 aromatic carbocycles. The molecule has 4 aromatic rings. The second-order valence-electron chi connectivity index (χ2n) is 8.93. The maximum atomic E-state index is 13.0. The Morgan fingerprint density at radius 3 is 2.46 bits per heavy atom. The molecule has 35 heavy (non-hydrogen) atoms. The van der Waals surface area contributed by atoms with Crippen molar-refractivity contribution in [2.45, 2.75) is 26.9 Å². The lowest BCUT2D eigenvalue weighted by Gasteiger charge is -2.24. The van der Waals surface area contributed by atoms with Gasteiger partial charge in [-0.05, 0) is 44.5 Å². The fraction of sp³-hybridized carbons (Fsp3) is 0.333. The molecule has 0 atom stereocenters. The first-order chi connectivity index (χ1) is 17.0. The molecule has 0 saturated carbocycles. The number of fused-ring (bicyclic) bond motifs is 1. The summed E-state index contributed by atoms with van der Waals surface area (Å²) in [7, 11) is 1.65. The molecule has 0 aliphatic carbocycles. The van der Waals surface area contributed by atoms with Crippen molar-refractivity contribution in [3.05, 3.63) is 77.2 Å². The maximum absolute atomic E-state index is 13.0. The molecule has 8 heteroatoms. The zero-order valence-electron chi connectivity index (χ0n) is 20.4. The molecule has 0 N–H and O–H groups in total. The SMILES string of the molecule is COCc1nc(N2CCCN(C(=O)c3ccccc3)CC2)c2c(C)nn(-c3ccc(C)cc3)c2n1. The topological polar surface area (TPSA) is 76.4 Å². The van der Waals surface area contributed by atoms with Gasteiger partial charge in [-0.25, -0.2) is 14.6 Å². The summed E-state index contributed by atoms with van der Waals surface area (Å²) in [6, 6.07) is 17.7. The molecule has 2 aromatic heterocycles. The number of amides is 1. The van der Waals surface area contributed by atoms with Crippen LogP contribution >= 0.6 is 0 Å². The van der Waals surface area contributed by atoms with Crippen LogP contribution in [0.5, 0.6) is 0 Å². The largest absolute Gasteiger partial charge is 0.377 e. The molecule has 0 spiro atoms. The van der Waals surface area contributed by atoms with Gasteiger partial charge in [0.1, 0.15) is 12.4 Å². The fourth-order valence-electron chi connectivity index (χ4n) is 4.59. The molecule has 1 aliphatic heterocycles. The van der Waals surface area contributed by atoms with E-state index in [0.29, 0.717) is 32.1 Å². The van der Waals surface area contributed by atoms with Crippen LogP contribution < -0.4 is 4.90 Å². The van der Waals surface area contributed by atoms with E-state index in [1.54, 1.807) is 7.11 Å². The normalized spacial score (nSPS) is 14.4. The summed E-state index contributed by atoms with van der Waals surface area (Å²) in [6.45, 7) is 7.21. The number of ether oxygens (including phenoxy) is 1. The lowest BCUT2D eigenvalue weighted by molar-refractivity contribution is 0.0767. The Balaban J connectivity index is 1.51. The van der Waals surface area contributed by atoms with Crippen LogP contribution in [0, 0.1) is 13.8 Å². The minimum atomic E-state index is 0.0729. The van der Waals surface area contributed by atoms with Crippen molar-refractivity contribution in [1.82, 2.24) is 24.6 Å². The first-order valence-corrected chi connectivity index (χ1v) is 12.0. The monoisotopic (exact) mass is 470 g/mol. The maximum Gasteiger partial charge on any atom is 0.253 e. The van der Waals surface area contributed by atoms with E-state index < -0.39 is 0 Å². The van der Waals surface area contributed by atoms with Gasteiger partial charge in [0.15, 0.2) is 11.5 Å². The summed E-state index contributed by atoms with van der Waals surface area (Å²) in [5.74, 6) is 1.54. The van der Waals surface area contributed by atoms with Gasteiger partial charge in [-0.15, -0.1) is 0 Å². The Hall–Kier alpha value is -3.78. The van der Waals surface area contributed by atoms with E-state index in [9.17, 15) is 4.79 Å². The number of aromatic nitrogens is 4. The third-order valence-corrected chi connectivity index (χ3v) is 6.38. The second kappa shape index (κ2) is 9.84. The van der Waals surface area contributed by atoms with Crippen molar-refractivity contribution < 1.29 is 9.53 Å². The van der Waals surface area contributed by atoms with Crippen LogP contribution in [0.15, 0.2) is 54.6 Å². The number of carbonyl (C=O) groups is 1. The van der Waals surface area contributed by atoms with E-state index in [2.05, 4.69) is 36.1 Å². The van der Waals surface area contributed by atoms with Crippen molar-refractivity contribution in [1.29, 1.82) is 0 Å². The lowest BCUT2D eigenvalue weighted by atomic mass is 10.2. The highest BCUT2D eigenvalue weighted by Crippen LogP contribution is 2.30. The van der Waals surface area contributed by atoms with Crippen molar-refractivity contribution in [2.75, 3.05) is 38.2 Å². The summed E-state index contributed by atoms with van der Waals surface area (Å²) < 4.78 is 7.27. The molecule has 8 nitrogen and oxygen atoms in total. The number of rotatable bonds is 5. The van der Waals surface area contributed by atoms with Gasteiger partial charge in [0, 0.05) is 38.9 Å². The second-order valence-corrected chi connectivity index (χ2v) is 8.93. The molecule has 1 fully saturated rings. The number of hydrogen-bond acceptors (Lipinski definition) is 6. The standard InChI is InChI=1S/C27H30N6O2/c1-19-10-12-22(13-11-19)33-26-24(20(2)30-33)25(28-23(29-26)18-35-3)31-14-7-15-32(17-16-31)27(34)21-8-5-4-6-9-21/h4-6,8-13H,7,14-18H2,1-3H3. The molecule has 1 saturated heterocycles. The van der Waals surface area contributed by atoms with E-state index in [0.717, 1.165) is 46.8 Å². The predicted molar refractivity (Wildman–Crippen MR) is 136 cm³/mol.